The van der Waals surface area contributed by atoms with Crippen molar-refractivity contribution in [2.75, 3.05) is 7.11 Å². The van der Waals surface area contributed by atoms with Gasteiger partial charge in [-0.2, -0.15) is 0 Å². The first kappa shape index (κ1) is 9.60. The van der Waals surface area contributed by atoms with E-state index in [0.717, 1.165) is 0 Å². The molecule has 1 unspecified atom stereocenters. The van der Waals surface area contributed by atoms with E-state index in [1.807, 2.05) is 0 Å². The van der Waals surface area contributed by atoms with Gasteiger partial charge < -0.3 is 10.5 Å². The van der Waals surface area contributed by atoms with Crippen molar-refractivity contribution in [2.24, 2.45) is 5.73 Å². The molecular weight excluding hydrogens is 175 g/mol. The van der Waals surface area contributed by atoms with Crippen LogP contribution in [0, 0.1) is 0 Å². The first-order valence-electron chi connectivity index (χ1n) is 3.58. The summed E-state index contributed by atoms with van der Waals surface area (Å²) in [6.07, 6.45) is -0.303. The van der Waals surface area contributed by atoms with E-state index < -0.39 is 12.3 Å². The van der Waals surface area contributed by atoms with Crippen LogP contribution in [0.15, 0.2) is 18.3 Å². The number of rotatable bonds is 3. The van der Waals surface area contributed by atoms with Crippen molar-refractivity contribution in [1.29, 1.82) is 0 Å². The summed E-state index contributed by atoms with van der Waals surface area (Å²) in [6.45, 7) is 0. The van der Waals surface area contributed by atoms with Gasteiger partial charge in [0.05, 0.1) is 0 Å². The highest BCUT2D eigenvalue weighted by atomic mass is 19.1. The largest absolute Gasteiger partial charge is 0.364 e. The Labute approximate surface area is 74.5 Å². The van der Waals surface area contributed by atoms with Crippen molar-refractivity contribution in [3.63, 3.8) is 0 Å². The molecule has 1 amide bonds. The van der Waals surface area contributed by atoms with Crippen molar-refractivity contribution < 1.29 is 13.9 Å². The van der Waals surface area contributed by atoms with Gasteiger partial charge in [0.2, 0.25) is 6.36 Å². The zero-order valence-electron chi connectivity index (χ0n) is 7.03. The van der Waals surface area contributed by atoms with Gasteiger partial charge in [-0.1, -0.05) is 0 Å². The minimum Gasteiger partial charge on any atom is -0.364 e. The Balaban J connectivity index is 3.11. The second-order valence-electron chi connectivity index (χ2n) is 2.36. The molecule has 0 fully saturated rings. The summed E-state index contributed by atoms with van der Waals surface area (Å²) in [5.41, 5.74) is 4.94. The summed E-state index contributed by atoms with van der Waals surface area (Å²) in [7, 11) is 1.20. The van der Waals surface area contributed by atoms with Gasteiger partial charge in [0.25, 0.3) is 5.91 Å². The van der Waals surface area contributed by atoms with Crippen molar-refractivity contribution in [2.45, 2.75) is 6.36 Å². The number of nitrogens with zero attached hydrogens (tertiary/aromatic N) is 1. The molecule has 5 heteroatoms. The van der Waals surface area contributed by atoms with E-state index in [9.17, 15) is 9.18 Å². The summed E-state index contributed by atoms with van der Waals surface area (Å²) >= 11 is 0. The van der Waals surface area contributed by atoms with Gasteiger partial charge in [0, 0.05) is 18.9 Å². The Morgan fingerprint density at radius 1 is 1.77 bits per heavy atom. The number of pyridine rings is 1. The lowest BCUT2D eigenvalue weighted by Crippen LogP contribution is -2.16. The van der Waals surface area contributed by atoms with E-state index in [4.69, 9.17) is 5.73 Å². The molecule has 0 radical (unpaired) electrons. The monoisotopic (exact) mass is 184 g/mol. The van der Waals surface area contributed by atoms with Crippen LogP contribution in [0.5, 0.6) is 0 Å². The third-order valence-corrected chi connectivity index (χ3v) is 1.52. The van der Waals surface area contributed by atoms with Crippen LogP contribution in [-0.2, 0) is 4.74 Å². The zero-order valence-corrected chi connectivity index (χ0v) is 7.03. The Morgan fingerprint density at radius 2 is 2.46 bits per heavy atom. The average molecular weight is 184 g/mol. The minimum absolute atomic E-state index is 0.0532. The van der Waals surface area contributed by atoms with Gasteiger partial charge >= 0.3 is 0 Å². The number of carbonyl (C=O) groups excluding carboxylic acids is 1. The van der Waals surface area contributed by atoms with Crippen LogP contribution in [0.1, 0.15) is 22.4 Å². The maximum absolute atomic E-state index is 13.0. The first-order valence-corrected chi connectivity index (χ1v) is 3.58. The molecule has 1 heterocycles. The molecule has 1 aromatic rings. The van der Waals surface area contributed by atoms with Crippen LogP contribution in [0.25, 0.3) is 0 Å². The fourth-order valence-corrected chi connectivity index (χ4v) is 0.934. The number of amides is 1. The average Bonchev–Trinajstić information content (AvgIpc) is 2.16. The Kier molecular flexibility index (Phi) is 2.92. The molecule has 0 saturated carbocycles. The number of hydrogen-bond donors (Lipinski definition) is 1. The predicted molar refractivity (Wildman–Crippen MR) is 43.6 cm³/mol. The smallest absolute Gasteiger partial charge is 0.267 e. The van der Waals surface area contributed by atoms with Crippen LogP contribution in [0.4, 0.5) is 4.39 Å². The molecule has 1 aromatic heterocycles. The van der Waals surface area contributed by atoms with Gasteiger partial charge in [-0.15, -0.1) is 0 Å². The second-order valence-corrected chi connectivity index (χ2v) is 2.36. The Morgan fingerprint density at radius 3 is 3.00 bits per heavy atom. The summed E-state index contributed by atoms with van der Waals surface area (Å²) in [5.74, 6) is -0.768. The third kappa shape index (κ3) is 2.00. The molecule has 0 aromatic carbocycles. The second kappa shape index (κ2) is 3.95. The predicted octanol–water partition coefficient (Wildman–Crippen LogP) is 0.795. The molecule has 0 spiro atoms. The lowest BCUT2D eigenvalue weighted by molar-refractivity contribution is -0.00745. The molecule has 4 nitrogen and oxygen atoms in total. The van der Waals surface area contributed by atoms with E-state index in [-0.39, 0.29) is 11.3 Å². The van der Waals surface area contributed by atoms with Crippen molar-refractivity contribution in [3.05, 3.63) is 29.6 Å². The highest BCUT2D eigenvalue weighted by Gasteiger charge is 2.16. The van der Waals surface area contributed by atoms with Crippen LogP contribution < -0.4 is 5.73 Å². The molecule has 0 bridgehead atoms. The van der Waals surface area contributed by atoms with E-state index in [1.165, 1.54) is 25.4 Å². The van der Waals surface area contributed by atoms with E-state index in [2.05, 4.69) is 9.72 Å². The topological polar surface area (TPSA) is 65.2 Å². The molecular formula is C8H9FN2O2. The third-order valence-electron chi connectivity index (χ3n) is 1.52. The minimum atomic E-state index is -1.67. The van der Waals surface area contributed by atoms with Crippen LogP contribution in [-0.4, -0.2) is 18.0 Å². The van der Waals surface area contributed by atoms with Crippen LogP contribution in [0.3, 0.4) is 0 Å². The van der Waals surface area contributed by atoms with Crippen molar-refractivity contribution in [1.82, 2.24) is 4.98 Å². The van der Waals surface area contributed by atoms with Gasteiger partial charge in [0.15, 0.2) is 0 Å². The molecule has 0 aliphatic heterocycles. The summed E-state index contributed by atoms with van der Waals surface area (Å²) in [5, 5.41) is 0. The maximum atomic E-state index is 13.0. The zero-order chi connectivity index (χ0) is 9.84. The van der Waals surface area contributed by atoms with Gasteiger partial charge in [-0.25, -0.2) is 4.39 Å². The van der Waals surface area contributed by atoms with Crippen LogP contribution >= 0.6 is 0 Å². The van der Waals surface area contributed by atoms with Gasteiger partial charge in [-0.3, -0.25) is 9.78 Å². The number of hydrogen-bond acceptors (Lipinski definition) is 3. The quantitative estimate of drug-likeness (QED) is 0.755. The van der Waals surface area contributed by atoms with Gasteiger partial charge in [-0.05, 0) is 12.1 Å². The SMILES string of the molecule is COC(F)c1cccnc1C(N)=O. The van der Waals surface area contributed by atoms with Crippen LogP contribution in [0.2, 0.25) is 0 Å². The summed E-state index contributed by atoms with van der Waals surface area (Å²) in [6, 6.07) is 2.91. The number of aromatic nitrogens is 1. The highest BCUT2D eigenvalue weighted by molar-refractivity contribution is 5.92. The van der Waals surface area contributed by atoms with E-state index >= 15 is 0 Å². The maximum Gasteiger partial charge on any atom is 0.267 e. The Hall–Kier alpha value is -1.49. The van der Waals surface area contributed by atoms with E-state index in [1.54, 1.807) is 0 Å². The summed E-state index contributed by atoms with van der Waals surface area (Å²) in [4.78, 5) is 14.4. The number of nitrogens with two attached hydrogens (primary N) is 1. The molecule has 13 heavy (non-hydrogen) atoms. The molecule has 0 aliphatic carbocycles. The molecule has 1 atom stereocenters. The highest BCUT2D eigenvalue weighted by Crippen LogP contribution is 2.19. The van der Waals surface area contributed by atoms with Crippen molar-refractivity contribution in [3.8, 4) is 0 Å². The van der Waals surface area contributed by atoms with E-state index in [0.29, 0.717) is 0 Å². The molecule has 0 aliphatic rings. The molecule has 70 valence electrons. The fraction of sp³-hybridized carbons (Fsp3) is 0.250. The number of methoxy groups -OCH3 is 1. The Bertz CT molecular complexity index is 317. The molecule has 2 N–H and O–H groups in total. The lowest BCUT2D eigenvalue weighted by Gasteiger charge is -2.08. The first-order chi connectivity index (χ1) is 6.16. The van der Waals surface area contributed by atoms with Gasteiger partial charge in [0.1, 0.15) is 5.69 Å². The number of primary amides is 1. The lowest BCUT2D eigenvalue weighted by atomic mass is 10.2. The number of alkyl halides is 1. The summed E-state index contributed by atoms with van der Waals surface area (Å²) < 4.78 is 17.4. The molecule has 1 rings (SSSR count). The normalized spacial score (nSPS) is 12.5. The number of carbonyl (C=O) groups is 1. The number of ether oxygens (including phenoxy) is 1. The molecule has 0 saturated heterocycles. The number of halogens is 1. The fourth-order valence-electron chi connectivity index (χ4n) is 0.934. The standard InChI is InChI=1S/C8H9FN2O2/c1-13-7(9)5-3-2-4-11-6(5)8(10)12/h2-4,7H,1H3,(H2,10,12). The van der Waals surface area contributed by atoms with Crippen molar-refractivity contribution >= 4 is 5.91 Å².